The summed E-state index contributed by atoms with van der Waals surface area (Å²) in [7, 11) is 3.04. The minimum absolute atomic E-state index is 0.0268. The molecule has 304 valence electrons. The molecule has 0 aromatic heterocycles. The van der Waals surface area contributed by atoms with Gasteiger partial charge in [0.1, 0.15) is 24.3 Å². The number of carbonyl (C=O) groups excluding carboxylic acids is 5. The molecule has 2 aromatic rings. The molecule has 1 aliphatic heterocycles. The summed E-state index contributed by atoms with van der Waals surface area (Å²) in [5.74, 6) is -2.73. The van der Waals surface area contributed by atoms with Crippen LogP contribution < -0.4 is 4.90 Å². The number of amides is 2. The Balaban J connectivity index is 1.23. The van der Waals surface area contributed by atoms with Crippen molar-refractivity contribution in [2.75, 3.05) is 45.3 Å². The summed E-state index contributed by atoms with van der Waals surface area (Å²) in [6, 6.07) is 15.1. The lowest BCUT2D eigenvalue weighted by Crippen LogP contribution is -2.53. The Morgan fingerprint density at radius 2 is 1.41 bits per heavy atom. The molecule has 0 spiro atoms. The van der Waals surface area contributed by atoms with Crippen molar-refractivity contribution in [1.29, 1.82) is 0 Å². The Hall–Kier alpha value is -4.65. The van der Waals surface area contributed by atoms with Gasteiger partial charge in [0.15, 0.2) is 11.7 Å². The number of hydrogen-bond acceptors (Lipinski definition) is 11. The van der Waals surface area contributed by atoms with Gasteiger partial charge in [-0.2, -0.15) is 0 Å². The molecule has 5 atom stereocenters. The number of rotatable bonds is 16. The van der Waals surface area contributed by atoms with Gasteiger partial charge in [0.05, 0.1) is 13.2 Å². The summed E-state index contributed by atoms with van der Waals surface area (Å²) in [5, 5.41) is 0. The van der Waals surface area contributed by atoms with E-state index in [1.54, 1.807) is 20.8 Å². The monoisotopic (exact) mass is 775 g/mol. The SMILES string of the molecule is C[C@@H](OC(=O)[C@H](CC1CC1)N(C)C(=O)C1(OC(=O)[C@H](CC2CC2)N(C)C(=O)OC(C)(C)C)CC1c1ccc(N2CCOCC2)cc1)C(=O)OCc1ccccc1. The van der Waals surface area contributed by atoms with Crippen molar-refractivity contribution >= 4 is 35.6 Å². The molecule has 56 heavy (non-hydrogen) atoms. The van der Waals surface area contributed by atoms with Gasteiger partial charge in [0.25, 0.3) is 5.91 Å². The number of carbonyl (C=O) groups is 5. The quantitative estimate of drug-likeness (QED) is 0.155. The van der Waals surface area contributed by atoms with Crippen LogP contribution in [0.1, 0.15) is 89.7 Å². The highest BCUT2D eigenvalue weighted by Crippen LogP contribution is 2.56. The molecule has 3 aliphatic carbocycles. The third kappa shape index (κ3) is 10.4. The summed E-state index contributed by atoms with van der Waals surface area (Å²) in [6.45, 7) is 9.56. The van der Waals surface area contributed by atoms with Gasteiger partial charge >= 0.3 is 24.0 Å². The average molecular weight is 776 g/mol. The van der Waals surface area contributed by atoms with E-state index >= 15 is 0 Å². The maximum atomic E-state index is 14.9. The van der Waals surface area contributed by atoms with Gasteiger partial charge in [-0.05, 0) is 75.6 Å². The molecule has 0 bridgehead atoms. The van der Waals surface area contributed by atoms with Crippen LogP contribution in [0, 0.1) is 11.8 Å². The lowest BCUT2D eigenvalue weighted by molar-refractivity contribution is -0.175. The smallest absolute Gasteiger partial charge is 0.410 e. The predicted octanol–water partition coefficient (Wildman–Crippen LogP) is 5.63. The molecule has 0 radical (unpaired) electrons. The van der Waals surface area contributed by atoms with E-state index in [-0.39, 0.29) is 24.9 Å². The second-order valence-corrected chi connectivity index (χ2v) is 16.8. The number of esters is 3. The fourth-order valence-electron chi connectivity index (χ4n) is 7.22. The average Bonchev–Trinajstić information content (AvgIpc) is 4.07. The van der Waals surface area contributed by atoms with E-state index in [4.69, 9.17) is 23.7 Å². The molecule has 3 saturated carbocycles. The molecule has 6 rings (SSSR count). The van der Waals surface area contributed by atoms with Crippen LogP contribution in [0.5, 0.6) is 0 Å². The molecular weight excluding hydrogens is 718 g/mol. The largest absolute Gasteiger partial charge is 0.458 e. The maximum absolute atomic E-state index is 14.9. The van der Waals surface area contributed by atoms with Crippen LogP contribution in [0.2, 0.25) is 0 Å². The highest BCUT2D eigenvalue weighted by molar-refractivity contribution is 5.96. The fourth-order valence-corrected chi connectivity index (χ4v) is 7.22. The molecule has 0 N–H and O–H groups in total. The van der Waals surface area contributed by atoms with E-state index in [1.807, 2.05) is 54.6 Å². The van der Waals surface area contributed by atoms with Gasteiger partial charge in [-0.3, -0.25) is 9.69 Å². The summed E-state index contributed by atoms with van der Waals surface area (Å²) < 4.78 is 28.5. The van der Waals surface area contributed by atoms with Gasteiger partial charge in [-0.25, -0.2) is 19.2 Å². The first kappa shape index (κ1) is 41.0. The first-order chi connectivity index (χ1) is 26.6. The molecule has 1 heterocycles. The summed E-state index contributed by atoms with van der Waals surface area (Å²) in [4.78, 5) is 74.0. The van der Waals surface area contributed by atoms with Gasteiger partial charge in [-0.1, -0.05) is 68.1 Å². The number of ether oxygens (including phenoxy) is 5. The third-order valence-corrected chi connectivity index (χ3v) is 11.1. The van der Waals surface area contributed by atoms with Crippen molar-refractivity contribution in [2.45, 2.75) is 115 Å². The van der Waals surface area contributed by atoms with Crippen molar-refractivity contribution in [3.05, 3.63) is 65.7 Å². The number of anilines is 1. The summed E-state index contributed by atoms with van der Waals surface area (Å²) in [6.07, 6.45) is 2.69. The predicted molar refractivity (Wildman–Crippen MR) is 206 cm³/mol. The first-order valence-corrected chi connectivity index (χ1v) is 19.9. The third-order valence-electron chi connectivity index (χ3n) is 11.1. The minimum atomic E-state index is -1.63. The van der Waals surface area contributed by atoms with Crippen molar-refractivity contribution < 1.29 is 47.7 Å². The van der Waals surface area contributed by atoms with E-state index in [9.17, 15) is 24.0 Å². The van der Waals surface area contributed by atoms with Crippen LogP contribution in [0.25, 0.3) is 0 Å². The van der Waals surface area contributed by atoms with E-state index in [1.165, 1.54) is 30.8 Å². The first-order valence-electron chi connectivity index (χ1n) is 19.9. The standard InChI is InChI=1S/C43H57N3O10/c1-28(37(47)53-27-31-10-8-7-9-11-31)54-38(48)35(24-29-12-13-29)44(5)40(50)43(26-34(43)32-16-18-33(19-17-32)46-20-22-52-23-21-46)55-39(49)36(25-30-14-15-30)45(6)41(51)56-42(2,3)4/h7-11,16-19,28-30,34-36H,12-15,20-27H2,1-6H3/t28-,34?,35+,36+,43?/m1/s1. The van der Waals surface area contributed by atoms with Crippen molar-refractivity contribution in [1.82, 2.24) is 9.80 Å². The van der Waals surface area contributed by atoms with E-state index in [2.05, 4.69) is 4.90 Å². The molecule has 13 nitrogen and oxygen atoms in total. The summed E-state index contributed by atoms with van der Waals surface area (Å²) in [5.41, 5.74) is 0.214. The molecule has 2 unspecified atom stereocenters. The van der Waals surface area contributed by atoms with E-state index in [0.717, 1.165) is 55.6 Å². The Kier molecular flexibility index (Phi) is 12.6. The van der Waals surface area contributed by atoms with Crippen LogP contribution in [0.4, 0.5) is 10.5 Å². The van der Waals surface area contributed by atoms with Crippen molar-refractivity contribution in [3.63, 3.8) is 0 Å². The molecule has 2 amide bonds. The van der Waals surface area contributed by atoms with Crippen molar-refractivity contribution in [3.8, 4) is 0 Å². The maximum Gasteiger partial charge on any atom is 0.410 e. The minimum Gasteiger partial charge on any atom is -0.458 e. The fraction of sp³-hybridized carbons (Fsp3) is 0.605. The van der Waals surface area contributed by atoms with E-state index in [0.29, 0.717) is 26.1 Å². The topological polar surface area (TPSA) is 141 Å². The van der Waals surface area contributed by atoms with Crippen LogP contribution >= 0.6 is 0 Å². The summed E-state index contributed by atoms with van der Waals surface area (Å²) >= 11 is 0. The number of nitrogens with zero attached hydrogens (tertiary/aromatic N) is 3. The molecular formula is C43H57N3O10. The van der Waals surface area contributed by atoms with Crippen LogP contribution in [0.15, 0.2) is 54.6 Å². The molecule has 4 fully saturated rings. The Morgan fingerprint density at radius 3 is 1.98 bits per heavy atom. The zero-order valence-corrected chi connectivity index (χ0v) is 33.6. The van der Waals surface area contributed by atoms with Gasteiger partial charge in [-0.15, -0.1) is 0 Å². The second kappa shape index (κ2) is 17.2. The lowest BCUT2D eigenvalue weighted by atomic mass is 10.0. The molecule has 2 aromatic carbocycles. The number of hydrogen-bond donors (Lipinski definition) is 0. The highest BCUT2D eigenvalue weighted by Gasteiger charge is 2.66. The lowest BCUT2D eigenvalue weighted by Gasteiger charge is -2.33. The zero-order chi connectivity index (χ0) is 40.2. The van der Waals surface area contributed by atoms with Crippen LogP contribution in [-0.4, -0.2) is 109 Å². The Labute approximate surface area is 329 Å². The molecule has 1 saturated heterocycles. The van der Waals surface area contributed by atoms with E-state index < -0.39 is 65.2 Å². The van der Waals surface area contributed by atoms with Crippen molar-refractivity contribution in [2.24, 2.45) is 11.8 Å². The number of benzene rings is 2. The Morgan fingerprint density at radius 1 is 0.821 bits per heavy atom. The van der Waals surface area contributed by atoms with Crippen LogP contribution in [-0.2, 0) is 49.5 Å². The van der Waals surface area contributed by atoms with Gasteiger partial charge in [0.2, 0.25) is 0 Å². The number of morpholine rings is 1. The second-order valence-electron chi connectivity index (χ2n) is 16.8. The molecule has 13 heteroatoms. The van der Waals surface area contributed by atoms with Crippen LogP contribution in [0.3, 0.4) is 0 Å². The molecule has 4 aliphatic rings. The Bertz CT molecular complexity index is 1720. The number of likely N-dealkylation sites (N-methyl/N-ethyl adjacent to an activating group) is 2. The normalized spacial score (nSPS) is 22.2. The highest BCUT2D eigenvalue weighted by atomic mass is 16.6. The van der Waals surface area contributed by atoms with Gasteiger partial charge < -0.3 is 33.5 Å². The van der Waals surface area contributed by atoms with Gasteiger partial charge in [0, 0.05) is 45.2 Å². The zero-order valence-electron chi connectivity index (χ0n) is 33.6.